The highest BCUT2D eigenvalue weighted by Gasteiger charge is 2.39. The number of ether oxygens (including phenoxy) is 1. The van der Waals surface area contributed by atoms with Crippen molar-refractivity contribution >= 4 is 0 Å². The SMILES string of the molecule is FC1(CC2CCCO2)CNC1. The molecule has 0 bridgehead atoms. The molecule has 11 heavy (non-hydrogen) atoms. The Labute approximate surface area is 66.1 Å². The zero-order valence-corrected chi connectivity index (χ0v) is 6.61. The molecule has 2 nitrogen and oxygen atoms in total. The molecule has 2 saturated heterocycles. The van der Waals surface area contributed by atoms with Crippen LogP contribution in [0.2, 0.25) is 0 Å². The fraction of sp³-hybridized carbons (Fsp3) is 1.00. The van der Waals surface area contributed by atoms with Gasteiger partial charge in [-0.3, -0.25) is 0 Å². The van der Waals surface area contributed by atoms with Crippen LogP contribution in [0.1, 0.15) is 19.3 Å². The lowest BCUT2D eigenvalue weighted by atomic mass is 9.91. The van der Waals surface area contributed by atoms with Crippen molar-refractivity contribution < 1.29 is 9.13 Å². The van der Waals surface area contributed by atoms with Crippen LogP contribution in [0.25, 0.3) is 0 Å². The first kappa shape index (κ1) is 7.50. The normalized spacial score (nSPS) is 35.2. The van der Waals surface area contributed by atoms with E-state index in [0.717, 1.165) is 19.4 Å². The summed E-state index contributed by atoms with van der Waals surface area (Å²) in [5, 5.41) is 2.95. The van der Waals surface area contributed by atoms with Crippen LogP contribution in [0, 0.1) is 0 Å². The smallest absolute Gasteiger partial charge is 0.138 e. The molecule has 0 amide bonds. The van der Waals surface area contributed by atoms with E-state index in [9.17, 15) is 4.39 Å². The molecule has 2 fully saturated rings. The van der Waals surface area contributed by atoms with E-state index in [4.69, 9.17) is 4.74 Å². The highest BCUT2D eigenvalue weighted by atomic mass is 19.1. The molecule has 2 rings (SSSR count). The molecule has 1 N–H and O–H groups in total. The lowest BCUT2D eigenvalue weighted by Gasteiger charge is -2.36. The van der Waals surface area contributed by atoms with Gasteiger partial charge >= 0.3 is 0 Å². The maximum atomic E-state index is 13.4. The molecule has 0 aliphatic carbocycles. The van der Waals surface area contributed by atoms with E-state index in [-0.39, 0.29) is 6.10 Å². The van der Waals surface area contributed by atoms with E-state index in [1.807, 2.05) is 0 Å². The number of alkyl halides is 1. The molecular weight excluding hydrogens is 145 g/mol. The Morgan fingerprint density at radius 2 is 2.36 bits per heavy atom. The summed E-state index contributed by atoms with van der Waals surface area (Å²) in [5.41, 5.74) is -0.949. The topological polar surface area (TPSA) is 21.3 Å². The maximum Gasteiger partial charge on any atom is 0.138 e. The summed E-state index contributed by atoms with van der Waals surface area (Å²) >= 11 is 0. The number of halogens is 1. The Morgan fingerprint density at radius 3 is 2.82 bits per heavy atom. The van der Waals surface area contributed by atoms with Gasteiger partial charge in [0.2, 0.25) is 0 Å². The summed E-state index contributed by atoms with van der Waals surface area (Å²) in [5.74, 6) is 0. The van der Waals surface area contributed by atoms with E-state index in [1.165, 1.54) is 0 Å². The second-order valence-corrected chi connectivity index (χ2v) is 3.59. The minimum atomic E-state index is -0.949. The summed E-state index contributed by atoms with van der Waals surface area (Å²) in [4.78, 5) is 0. The molecule has 1 unspecified atom stereocenters. The van der Waals surface area contributed by atoms with E-state index >= 15 is 0 Å². The largest absolute Gasteiger partial charge is 0.378 e. The highest BCUT2D eigenvalue weighted by Crippen LogP contribution is 2.28. The van der Waals surface area contributed by atoms with Crippen molar-refractivity contribution in [1.29, 1.82) is 0 Å². The van der Waals surface area contributed by atoms with Gasteiger partial charge in [-0.2, -0.15) is 0 Å². The van der Waals surface area contributed by atoms with Gasteiger partial charge in [-0.1, -0.05) is 0 Å². The first-order chi connectivity index (χ1) is 5.29. The second kappa shape index (κ2) is 2.72. The first-order valence-electron chi connectivity index (χ1n) is 4.30. The minimum absolute atomic E-state index is 0.196. The zero-order valence-electron chi connectivity index (χ0n) is 6.61. The summed E-state index contributed by atoms with van der Waals surface area (Å²) < 4.78 is 18.8. The molecule has 0 aromatic heterocycles. The van der Waals surface area contributed by atoms with E-state index in [2.05, 4.69) is 5.32 Å². The molecule has 2 aliphatic heterocycles. The van der Waals surface area contributed by atoms with Crippen molar-refractivity contribution in [2.24, 2.45) is 0 Å². The fourth-order valence-electron chi connectivity index (χ4n) is 1.75. The lowest BCUT2D eigenvalue weighted by Crippen LogP contribution is -2.57. The Hall–Kier alpha value is -0.150. The van der Waals surface area contributed by atoms with Crippen molar-refractivity contribution in [1.82, 2.24) is 5.32 Å². The van der Waals surface area contributed by atoms with Crippen LogP contribution in [0.5, 0.6) is 0 Å². The molecule has 0 saturated carbocycles. The highest BCUT2D eigenvalue weighted by molar-refractivity contribution is 4.95. The van der Waals surface area contributed by atoms with Crippen LogP contribution in [0.4, 0.5) is 4.39 Å². The van der Waals surface area contributed by atoms with Crippen LogP contribution in [0.3, 0.4) is 0 Å². The zero-order chi connectivity index (χ0) is 7.73. The third kappa shape index (κ3) is 1.54. The maximum absolute atomic E-state index is 13.4. The average Bonchev–Trinajstić information content (AvgIpc) is 2.36. The third-order valence-corrected chi connectivity index (χ3v) is 2.50. The molecule has 0 radical (unpaired) electrons. The third-order valence-electron chi connectivity index (χ3n) is 2.50. The van der Waals surface area contributed by atoms with Gasteiger partial charge in [-0.25, -0.2) is 4.39 Å². The Balaban J connectivity index is 1.79. The van der Waals surface area contributed by atoms with Crippen LogP contribution < -0.4 is 5.32 Å². The quantitative estimate of drug-likeness (QED) is 0.645. The second-order valence-electron chi connectivity index (χ2n) is 3.59. The van der Waals surface area contributed by atoms with Crippen molar-refractivity contribution in [2.75, 3.05) is 19.7 Å². The van der Waals surface area contributed by atoms with Crippen molar-refractivity contribution in [3.05, 3.63) is 0 Å². The van der Waals surface area contributed by atoms with Gasteiger partial charge in [0.1, 0.15) is 5.67 Å². The molecule has 3 heteroatoms. The van der Waals surface area contributed by atoms with Gasteiger partial charge in [0.25, 0.3) is 0 Å². The number of nitrogens with one attached hydrogen (secondary N) is 1. The number of hydrogen-bond acceptors (Lipinski definition) is 2. The predicted molar refractivity (Wildman–Crippen MR) is 40.3 cm³/mol. The molecular formula is C8H14FNO. The molecule has 0 spiro atoms. The van der Waals surface area contributed by atoms with E-state index in [1.54, 1.807) is 0 Å². The Kier molecular flexibility index (Phi) is 1.85. The molecule has 2 heterocycles. The van der Waals surface area contributed by atoms with Gasteiger partial charge < -0.3 is 10.1 Å². The molecule has 2 aliphatic rings. The van der Waals surface area contributed by atoms with Crippen LogP contribution in [0.15, 0.2) is 0 Å². The van der Waals surface area contributed by atoms with Crippen LogP contribution >= 0.6 is 0 Å². The summed E-state index contributed by atoms with van der Waals surface area (Å²) in [7, 11) is 0. The van der Waals surface area contributed by atoms with Crippen LogP contribution in [-0.4, -0.2) is 31.5 Å². The summed E-state index contributed by atoms with van der Waals surface area (Å²) in [6.45, 7) is 1.87. The minimum Gasteiger partial charge on any atom is -0.378 e. The van der Waals surface area contributed by atoms with Crippen molar-refractivity contribution in [3.8, 4) is 0 Å². The standard InChI is InChI=1S/C8H14FNO/c9-8(5-10-6-8)4-7-2-1-3-11-7/h7,10H,1-6H2. The van der Waals surface area contributed by atoms with Gasteiger partial charge in [0.05, 0.1) is 6.10 Å². The van der Waals surface area contributed by atoms with Gasteiger partial charge in [-0.15, -0.1) is 0 Å². The molecule has 64 valence electrons. The van der Waals surface area contributed by atoms with E-state index < -0.39 is 5.67 Å². The summed E-state index contributed by atoms with van der Waals surface area (Å²) in [6, 6.07) is 0. The molecule has 1 atom stereocenters. The van der Waals surface area contributed by atoms with Crippen molar-refractivity contribution in [3.63, 3.8) is 0 Å². The predicted octanol–water partition coefficient (Wildman–Crippen LogP) is 0.867. The Morgan fingerprint density at radius 1 is 1.55 bits per heavy atom. The van der Waals surface area contributed by atoms with Crippen molar-refractivity contribution in [2.45, 2.75) is 31.0 Å². The first-order valence-corrected chi connectivity index (χ1v) is 4.30. The van der Waals surface area contributed by atoms with Gasteiger partial charge in [0, 0.05) is 26.1 Å². The lowest BCUT2D eigenvalue weighted by molar-refractivity contribution is 0.00947. The van der Waals surface area contributed by atoms with Gasteiger partial charge in [0.15, 0.2) is 0 Å². The number of hydrogen-bond donors (Lipinski definition) is 1. The summed E-state index contributed by atoms with van der Waals surface area (Å²) in [6.07, 6.45) is 2.95. The molecule has 0 aromatic rings. The monoisotopic (exact) mass is 159 g/mol. The number of rotatable bonds is 2. The molecule has 0 aromatic carbocycles. The van der Waals surface area contributed by atoms with Crippen LogP contribution in [-0.2, 0) is 4.74 Å². The van der Waals surface area contributed by atoms with E-state index in [0.29, 0.717) is 19.5 Å². The average molecular weight is 159 g/mol. The Bertz CT molecular complexity index is 141. The fourth-order valence-corrected chi connectivity index (χ4v) is 1.75. The van der Waals surface area contributed by atoms with Gasteiger partial charge in [-0.05, 0) is 12.8 Å².